The average molecular weight is 383 g/mol. The molecular formula is C14H8BrFN2O3S. The summed E-state index contributed by atoms with van der Waals surface area (Å²) in [6.45, 7) is -0.180. The molecule has 8 heteroatoms. The van der Waals surface area contributed by atoms with Crippen molar-refractivity contribution in [2.75, 3.05) is 0 Å². The van der Waals surface area contributed by atoms with E-state index in [-0.39, 0.29) is 18.1 Å². The summed E-state index contributed by atoms with van der Waals surface area (Å²) in [5, 5.41) is 5.70. The predicted molar refractivity (Wildman–Crippen MR) is 80.8 cm³/mol. The summed E-state index contributed by atoms with van der Waals surface area (Å²) < 4.78 is 23.7. The molecule has 3 aromatic rings. The van der Waals surface area contributed by atoms with Gasteiger partial charge in [-0.25, -0.2) is 9.18 Å². The van der Waals surface area contributed by atoms with Crippen LogP contribution >= 0.6 is 27.3 Å². The summed E-state index contributed by atoms with van der Waals surface area (Å²) in [7, 11) is 0. The largest absolute Gasteiger partial charge is 0.452 e. The fourth-order valence-electron chi connectivity index (χ4n) is 1.68. The van der Waals surface area contributed by atoms with Crippen LogP contribution in [0.5, 0.6) is 0 Å². The highest BCUT2D eigenvalue weighted by atomic mass is 79.9. The average Bonchev–Trinajstić information content (AvgIpc) is 3.17. The standard InChI is InChI=1S/C14H8BrFN2O3S/c15-10-4-3-8(16)6-9(10)14(19)20-7-12-17-13(18-21-12)11-2-1-5-22-11/h1-6H,7H2. The van der Waals surface area contributed by atoms with Crippen molar-refractivity contribution in [3.63, 3.8) is 0 Å². The normalized spacial score (nSPS) is 10.6. The van der Waals surface area contributed by atoms with Crippen molar-refractivity contribution in [1.29, 1.82) is 0 Å². The van der Waals surface area contributed by atoms with E-state index < -0.39 is 11.8 Å². The molecule has 0 unspecified atom stereocenters. The summed E-state index contributed by atoms with van der Waals surface area (Å²) in [5.41, 5.74) is 0.0954. The minimum Gasteiger partial charge on any atom is -0.452 e. The molecule has 2 heterocycles. The van der Waals surface area contributed by atoms with Crippen LogP contribution in [0.4, 0.5) is 4.39 Å². The smallest absolute Gasteiger partial charge is 0.339 e. The lowest BCUT2D eigenvalue weighted by atomic mass is 10.2. The molecule has 0 spiro atoms. The van der Waals surface area contributed by atoms with E-state index in [1.165, 1.54) is 23.5 Å². The molecule has 112 valence electrons. The molecule has 0 aliphatic heterocycles. The first-order valence-corrected chi connectivity index (χ1v) is 7.79. The first-order chi connectivity index (χ1) is 10.6. The second kappa shape index (κ2) is 6.37. The molecule has 0 N–H and O–H groups in total. The molecule has 0 bridgehead atoms. The van der Waals surface area contributed by atoms with E-state index in [9.17, 15) is 9.18 Å². The van der Waals surface area contributed by atoms with Gasteiger partial charge in [0, 0.05) is 4.47 Å². The summed E-state index contributed by atoms with van der Waals surface area (Å²) in [6, 6.07) is 7.50. The Kier molecular flexibility index (Phi) is 4.30. The Labute approximate surface area is 136 Å². The molecule has 22 heavy (non-hydrogen) atoms. The summed E-state index contributed by atoms with van der Waals surface area (Å²) in [6.07, 6.45) is 0. The molecule has 0 atom stereocenters. The molecule has 0 aliphatic rings. The number of benzene rings is 1. The highest BCUT2D eigenvalue weighted by Gasteiger charge is 2.15. The van der Waals surface area contributed by atoms with E-state index in [4.69, 9.17) is 9.26 Å². The Morgan fingerprint density at radius 3 is 3.05 bits per heavy atom. The van der Waals surface area contributed by atoms with Crippen molar-refractivity contribution in [3.8, 4) is 10.7 Å². The van der Waals surface area contributed by atoms with Crippen molar-refractivity contribution in [1.82, 2.24) is 10.1 Å². The molecule has 0 amide bonds. The fourth-order valence-corrected chi connectivity index (χ4v) is 2.74. The first kappa shape index (κ1) is 14.9. The lowest BCUT2D eigenvalue weighted by molar-refractivity contribution is 0.0428. The Morgan fingerprint density at radius 2 is 2.27 bits per heavy atom. The number of ether oxygens (including phenoxy) is 1. The number of nitrogens with zero attached hydrogens (tertiary/aromatic N) is 2. The summed E-state index contributed by atoms with van der Waals surface area (Å²) in [5.74, 6) is -0.590. The maximum Gasteiger partial charge on any atom is 0.339 e. The molecule has 3 rings (SSSR count). The SMILES string of the molecule is O=C(OCc1nc(-c2cccs2)no1)c1cc(F)ccc1Br. The molecule has 0 saturated carbocycles. The second-order valence-corrected chi connectivity index (χ2v) is 5.99. The lowest BCUT2D eigenvalue weighted by Gasteiger charge is -2.04. The summed E-state index contributed by atoms with van der Waals surface area (Å²) >= 11 is 4.64. The molecule has 5 nitrogen and oxygen atoms in total. The van der Waals surface area contributed by atoms with Crippen molar-refractivity contribution in [2.24, 2.45) is 0 Å². The molecule has 0 radical (unpaired) electrons. The van der Waals surface area contributed by atoms with Gasteiger partial charge in [-0.2, -0.15) is 4.98 Å². The number of halogens is 2. The Morgan fingerprint density at radius 1 is 1.41 bits per heavy atom. The van der Waals surface area contributed by atoms with Gasteiger partial charge in [-0.3, -0.25) is 0 Å². The monoisotopic (exact) mass is 382 g/mol. The molecular weight excluding hydrogens is 375 g/mol. The molecule has 0 fully saturated rings. The minimum atomic E-state index is -0.678. The van der Waals surface area contributed by atoms with Crippen LogP contribution in [0.2, 0.25) is 0 Å². The number of hydrogen-bond donors (Lipinski definition) is 0. The van der Waals surface area contributed by atoms with Gasteiger partial charge in [0.05, 0.1) is 10.4 Å². The zero-order chi connectivity index (χ0) is 15.5. The van der Waals surface area contributed by atoms with Gasteiger partial charge in [-0.1, -0.05) is 11.2 Å². The van der Waals surface area contributed by atoms with E-state index >= 15 is 0 Å². The third kappa shape index (κ3) is 3.23. The Bertz CT molecular complexity index is 804. The first-order valence-electron chi connectivity index (χ1n) is 6.12. The van der Waals surface area contributed by atoms with Gasteiger partial charge in [-0.05, 0) is 45.6 Å². The highest BCUT2D eigenvalue weighted by molar-refractivity contribution is 9.10. The number of hydrogen-bond acceptors (Lipinski definition) is 6. The minimum absolute atomic E-state index is 0.0954. The van der Waals surface area contributed by atoms with Crippen LogP contribution in [0.15, 0.2) is 44.7 Å². The maximum atomic E-state index is 13.2. The molecule has 1 aromatic carbocycles. The highest BCUT2D eigenvalue weighted by Crippen LogP contribution is 2.22. The van der Waals surface area contributed by atoms with Crippen LogP contribution in [0.3, 0.4) is 0 Å². The van der Waals surface area contributed by atoms with E-state index in [0.29, 0.717) is 10.3 Å². The van der Waals surface area contributed by atoms with Gasteiger partial charge in [0.1, 0.15) is 5.82 Å². The van der Waals surface area contributed by atoms with Gasteiger partial charge in [0.15, 0.2) is 6.61 Å². The van der Waals surface area contributed by atoms with Gasteiger partial charge < -0.3 is 9.26 Å². The Balaban J connectivity index is 1.67. The van der Waals surface area contributed by atoms with Crippen LogP contribution in [0, 0.1) is 5.82 Å². The molecule has 0 saturated heterocycles. The van der Waals surface area contributed by atoms with E-state index in [1.807, 2.05) is 17.5 Å². The van der Waals surface area contributed by atoms with Gasteiger partial charge in [-0.15, -0.1) is 11.3 Å². The number of carbonyl (C=O) groups excluding carboxylic acids is 1. The van der Waals surface area contributed by atoms with Crippen molar-refractivity contribution in [2.45, 2.75) is 6.61 Å². The van der Waals surface area contributed by atoms with E-state index in [2.05, 4.69) is 26.1 Å². The van der Waals surface area contributed by atoms with Gasteiger partial charge in [0.25, 0.3) is 5.89 Å². The van der Waals surface area contributed by atoms with Crippen LogP contribution < -0.4 is 0 Å². The van der Waals surface area contributed by atoms with E-state index in [1.54, 1.807) is 0 Å². The quantitative estimate of drug-likeness (QED) is 0.636. The van der Waals surface area contributed by atoms with Crippen LogP contribution in [0.1, 0.15) is 16.2 Å². The number of aromatic nitrogens is 2. The van der Waals surface area contributed by atoms with Crippen molar-refractivity contribution in [3.05, 3.63) is 57.5 Å². The number of rotatable bonds is 4. The Hall–Kier alpha value is -2.06. The number of esters is 1. The van der Waals surface area contributed by atoms with Crippen LogP contribution in [-0.4, -0.2) is 16.1 Å². The van der Waals surface area contributed by atoms with Gasteiger partial charge >= 0.3 is 5.97 Å². The van der Waals surface area contributed by atoms with Crippen LogP contribution in [0.25, 0.3) is 10.7 Å². The van der Waals surface area contributed by atoms with Crippen molar-refractivity contribution < 1.29 is 18.4 Å². The third-order valence-electron chi connectivity index (χ3n) is 2.68. The van der Waals surface area contributed by atoms with E-state index in [0.717, 1.165) is 10.9 Å². The maximum absolute atomic E-state index is 13.2. The number of thiophene rings is 1. The lowest BCUT2D eigenvalue weighted by Crippen LogP contribution is -2.06. The van der Waals surface area contributed by atoms with Crippen LogP contribution in [-0.2, 0) is 11.3 Å². The predicted octanol–water partition coefficient (Wildman–Crippen LogP) is 4.06. The topological polar surface area (TPSA) is 65.2 Å². The fraction of sp³-hybridized carbons (Fsp3) is 0.0714. The number of carbonyl (C=O) groups is 1. The zero-order valence-corrected chi connectivity index (χ0v) is 13.4. The van der Waals surface area contributed by atoms with Gasteiger partial charge in [0.2, 0.25) is 5.82 Å². The molecule has 2 aromatic heterocycles. The zero-order valence-electron chi connectivity index (χ0n) is 11.0. The molecule has 0 aliphatic carbocycles. The third-order valence-corrected chi connectivity index (χ3v) is 4.24. The second-order valence-electron chi connectivity index (χ2n) is 4.19. The van der Waals surface area contributed by atoms with Crippen molar-refractivity contribution >= 4 is 33.2 Å². The summed E-state index contributed by atoms with van der Waals surface area (Å²) in [4.78, 5) is 16.9.